The summed E-state index contributed by atoms with van der Waals surface area (Å²) < 4.78 is 19.6. The van der Waals surface area contributed by atoms with Gasteiger partial charge in [-0.3, -0.25) is 14.5 Å². The van der Waals surface area contributed by atoms with Crippen molar-refractivity contribution in [1.29, 1.82) is 0 Å². The van der Waals surface area contributed by atoms with Crippen LogP contribution in [-0.4, -0.2) is 45.0 Å². The molecule has 6 aromatic rings. The molecule has 246 valence electrons. The summed E-state index contributed by atoms with van der Waals surface area (Å²) in [4.78, 5) is 46.0. The highest BCUT2D eigenvalue weighted by atomic mass is 16.6. The van der Waals surface area contributed by atoms with Crippen LogP contribution < -0.4 is 9.47 Å². The molecule has 3 heterocycles. The van der Waals surface area contributed by atoms with Gasteiger partial charge in [-0.05, 0) is 44.0 Å². The topological polar surface area (TPSA) is 103 Å². The summed E-state index contributed by atoms with van der Waals surface area (Å²) in [5, 5.41) is 1.28. The van der Waals surface area contributed by atoms with Crippen LogP contribution in [0.3, 0.4) is 0 Å². The van der Waals surface area contributed by atoms with Crippen LogP contribution in [0, 0.1) is 0 Å². The number of ether oxygens (including phenoxy) is 3. The van der Waals surface area contributed by atoms with Gasteiger partial charge < -0.3 is 19.2 Å². The van der Waals surface area contributed by atoms with Gasteiger partial charge in [0.05, 0.1) is 16.7 Å². The van der Waals surface area contributed by atoms with E-state index in [0.29, 0.717) is 45.7 Å². The summed E-state index contributed by atoms with van der Waals surface area (Å²) in [7, 11) is 1.46. The Bertz CT molecular complexity index is 2260. The SMILES string of the molecule is CN1C(=O)C(c2c[nH]c3c(OCc4ccccc4)cccc23)=C(c2cn(C(=O)OC(C)(C)C)c3c(OCc4ccccc4)cccc23)C1=O. The van der Waals surface area contributed by atoms with Crippen molar-refractivity contribution < 1.29 is 28.6 Å². The molecular formula is C40H35N3O6. The Morgan fingerprint density at radius 2 is 1.24 bits per heavy atom. The highest BCUT2D eigenvalue weighted by Crippen LogP contribution is 2.43. The van der Waals surface area contributed by atoms with Crippen molar-refractivity contribution in [1.82, 2.24) is 14.5 Å². The van der Waals surface area contributed by atoms with Crippen LogP contribution in [0.5, 0.6) is 11.5 Å². The molecule has 9 heteroatoms. The summed E-state index contributed by atoms with van der Waals surface area (Å²) in [6.07, 6.45) is 2.65. The number of likely N-dealkylation sites (N-methyl/N-ethyl adjacent to an activating group) is 1. The van der Waals surface area contributed by atoms with Crippen molar-refractivity contribution in [3.05, 3.63) is 132 Å². The largest absolute Gasteiger partial charge is 0.487 e. The number of hydrogen-bond acceptors (Lipinski definition) is 6. The third kappa shape index (κ3) is 5.95. The molecule has 0 bridgehead atoms. The van der Waals surface area contributed by atoms with Crippen LogP contribution in [0.1, 0.15) is 43.0 Å². The average Bonchev–Trinajstić information content (AvgIpc) is 3.76. The predicted octanol–water partition coefficient (Wildman–Crippen LogP) is 7.97. The highest BCUT2D eigenvalue weighted by Gasteiger charge is 2.40. The number of para-hydroxylation sites is 2. The molecule has 2 aromatic heterocycles. The molecule has 0 spiro atoms. The smallest absolute Gasteiger partial charge is 0.419 e. The summed E-state index contributed by atoms with van der Waals surface area (Å²) >= 11 is 0. The number of aromatic nitrogens is 2. The quantitative estimate of drug-likeness (QED) is 0.167. The molecule has 0 unspecified atom stereocenters. The lowest BCUT2D eigenvalue weighted by atomic mass is 9.95. The fraction of sp³-hybridized carbons (Fsp3) is 0.175. The summed E-state index contributed by atoms with van der Waals surface area (Å²) in [5.74, 6) is 0.107. The minimum atomic E-state index is -0.790. The monoisotopic (exact) mass is 653 g/mol. The zero-order chi connectivity index (χ0) is 34.3. The van der Waals surface area contributed by atoms with Crippen molar-refractivity contribution in [3.63, 3.8) is 0 Å². The number of imide groups is 1. The van der Waals surface area contributed by atoms with E-state index >= 15 is 0 Å². The number of nitrogens with zero attached hydrogens (tertiary/aromatic N) is 2. The molecule has 7 rings (SSSR count). The second-order valence-electron chi connectivity index (χ2n) is 12.9. The van der Waals surface area contributed by atoms with Crippen molar-refractivity contribution in [3.8, 4) is 11.5 Å². The van der Waals surface area contributed by atoms with E-state index in [2.05, 4.69) is 4.98 Å². The molecule has 9 nitrogen and oxygen atoms in total. The van der Waals surface area contributed by atoms with Crippen LogP contribution in [-0.2, 0) is 27.5 Å². The molecule has 1 aliphatic heterocycles. The van der Waals surface area contributed by atoms with Gasteiger partial charge in [-0.2, -0.15) is 0 Å². The molecule has 1 aliphatic rings. The summed E-state index contributed by atoms with van der Waals surface area (Å²) in [5.41, 5.74) is 3.66. The highest BCUT2D eigenvalue weighted by molar-refractivity contribution is 6.50. The number of aromatic amines is 1. The van der Waals surface area contributed by atoms with Gasteiger partial charge in [-0.15, -0.1) is 0 Å². The van der Waals surface area contributed by atoms with E-state index in [0.717, 1.165) is 21.4 Å². The first kappa shape index (κ1) is 31.5. The fourth-order valence-electron chi connectivity index (χ4n) is 6.09. The van der Waals surface area contributed by atoms with Gasteiger partial charge in [0.25, 0.3) is 11.8 Å². The van der Waals surface area contributed by atoms with Crippen LogP contribution in [0.4, 0.5) is 4.79 Å². The van der Waals surface area contributed by atoms with E-state index in [9.17, 15) is 14.4 Å². The number of amides is 2. The van der Waals surface area contributed by atoms with Crippen molar-refractivity contribution >= 4 is 50.9 Å². The first-order valence-electron chi connectivity index (χ1n) is 16.0. The third-order valence-corrected chi connectivity index (χ3v) is 8.36. The Balaban J connectivity index is 1.38. The zero-order valence-electron chi connectivity index (χ0n) is 27.7. The molecule has 0 atom stereocenters. The number of benzene rings is 4. The molecule has 4 aromatic carbocycles. The van der Waals surface area contributed by atoms with E-state index in [1.54, 1.807) is 45.3 Å². The van der Waals surface area contributed by atoms with Crippen molar-refractivity contribution in [2.24, 2.45) is 0 Å². The van der Waals surface area contributed by atoms with E-state index in [4.69, 9.17) is 14.2 Å². The third-order valence-electron chi connectivity index (χ3n) is 8.36. The van der Waals surface area contributed by atoms with E-state index in [-0.39, 0.29) is 17.8 Å². The van der Waals surface area contributed by atoms with Crippen LogP contribution in [0.2, 0.25) is 0 Å². The summed E-state index contributed by atoms with van der Waals surface area (Å²) in [6.45, 7) is 5.98. The van der Waals surface area contributed by atoms with Gasteiger partial charge in [0.15, 0.2) is 0 Å². The Labute approximate surface area is 283 Å². The maximum atomic E-state index is 14.0. The van der Waals surface area contributed by atoms with E-state index < -0.39 is 23.5 Å². The number of carbonyl (C=O) groups is 3. The Morgan fingerprint density at radius 3 is 1.86 bits per heavy atom. The number of hydrogen-bond donors (Lipinski definition) is 1. The second kappa shape index (κ2) is 12.5. The lowest BCUT2D eigenvalue weighted by molar-refractivity contribution is -0.134. The lowest BCUT2D eigenvalue weighted by Crippen LogP contribution is -2.27. The number of rotatable bonds is 8. The van der Waals surface area contributed by atoms with Gasteiger partial charge in [-0.25, -0.2) is 9.36 Å². The van der Waals surface area contributed by atoms with Gasteiger partial charge in [0, 0.05) is 41.3 Å². The standard InChI is InChI=1S/C40H35N3O6/c1-40(2,3)49-39(46)43-22-30(28-18-12-20-32(36(28)43)48-24-26-15-9-6-10-16-26)34-33(37(44)42(4)38(34)45)29-21-41-35-27(29)17-11-19-31(35)47-23-25-13-7-5-8-14-25/h5-22,41H,23-24H2,1-4H3. The predicted molar refractivity (Wildman–Crippen MR) is 188 cm³/mol. The average molecular weight is 654 g/mol. The first-order valence-corrected chi connectivity index (χ1v) is 16.0. The number of H-pyrrole nitrogens is 1. The molecule has 2 amide bonds. The molecule has 49 heavy (non-hydrogen) atoms. The molecular weight excluding hydrogens is 618 g/mol. The zero-order valence-corrected chi connectivity index (χ0v) is 27.7. The first-order chi connectivity index (χ1) is 23.6. The molecule has 0 fully saturated rings. The van der Waals surface area contributed by atoms with Gasteiger partial charge >= 0.3 is 6.09 Å². The van der Waals surface area contributed by atoms with Crippen molar-refractivity contribution in [2.75, 3.05) is 7.05 Å². The van der Waals surface area contributed by atoms with Crippen LogP contribution in [0.15, 0.2) is 109 Å². The Kier molecular flexibility index (Phi) is 8.04. The fourth-order valence-corrected chi connectivity index (χ4v) is 6.09. The van der Waals surface area contributed by atoms with Gasteiger partial charge in [0.1, 0.15) is 35.8 Å². The lowest BCUT2D eigenvalue weighted by Gasteiger charge is -2.20. The van der Waals surface area contributed by atoms with Gasteiger partial charge in [-0.1, -0.05) is 84.9 Å². The molecule has 0 aliphatic carbocycles. The summed E-state index contributed by atoms with van der Waals surface area (Å²) in [6, 6.07) is 30.5. The number of fused-ring (bicyclic) bond motifs is 2. The minimum absolute atomic E-state index is 0.177. The van der Waals surface area contributed by atoms with Crippen molar-refractivity contribution in [2.45, 2.75) is 39.6 Å². The Hall–Kier alpha value is -6.09. The van der Waals surface area contributed by atoms with Crippen LogP contribution >= 0.6 is 0 Å². The molecule has 1 N–H and O–H groups in total. The van der Waals surface area contributed by atoms with Gasteiger partial charge in [0.2, 0.25) is 0 Å². The number of nitrogens with one attached hydrogen (secondary N) is 1. The minimum Gasteiger partial charge on any atom is -0.487 e. The van der Waals surface area contributed by atoms with E-state index in [1.807, 2.05) is 84.9 Å². The van der Waals surface area contributed by atoms with E-state index in [1.165, 1.54) is 11.6 Å². The maximum absolute atomic E-state index is 14.0. The number of carbonyl (C=O) groups excluding carboxylic acids is 3. The molecule has 0 saturated heterocycles. The Morgan fingerprint density at radius 1 is 0.694 bits per heavy atom. The maximum Gasteiger partial charge on any atom is 0.419 e. The normalized spacial score (nSPS) is 13.5. The second-order valence-corrected chi connectivity index (χ2v) is 12.9. The van der Waals surface area contributed by atoms with Crippen LogP contribution in [0.25, 0.3) is 33.0 Å². The molecule has 0 radical (unpaired) electrons. The molecule has 0 saturated carbocycles.